The van der Waals surface area contributed by atoms with Crippen molar-refractivity contribution in [1.29, 1.82) is 0 Å². The van der Waals surface area contributed by atoms with Crippen LogP contribution in [-0.4, -0.2) is 35.8 Å². The summed E-state index contributed by atoms with van der Waals surface area (Å²) < 4.78 is 5.82. The van der Waals surface area contributed by atoms with E-state index in [-0.39, 0.29) is 23.5 Å². The first-order valence-electron chi connectivity index (χ1n) is 12.4. The summed E-state index contributed by atoms with van der Waals surface area (Å²) in [6, 6.07) is 12.1. The molecule has 4 rings (SSSR count). The number of pyridine rings is 1. The van der Waals surface area contributed by atoms with Crippen molar-refractivity contribution in [3.05, 3.63) is 77.3 Å². The molecule has 3 N–H and O–H groups in total. The van der Waals surface area contributed by atoms with Gasteiger partial charge in [0, 0.05) is 31.5 Å². The van der Waals surface area contributed by atoms with Gasteiger partial charge in [-0.1, -0.05) is 43.5 Å². The molecule has 8 heteroatoms. The quantitative estimate of drug-likeness (QED) is 0.444. The molecule has 3 amide bonds. The van der Waals surface area contributed by atoms with Crippen LogP contribution < -0.4 is 16.0 Å². The number of amides is 3. The number of nitrogens with zero attached hydrogens (tertiary/aromatic N) is 1. The third-order valence-corrected chi connectivity index (χ3v) is 6.60. The van der Waals surface area contributed by atoms with E-state index in [1.54, 1.807) is 37.6 Å². The summed E-state index contributed by atoms with van der Waals surface area (Å²) in [7, 11) is 1.59. The molecule has 8 nitrogen and oxygen atoms in total. The molecule has 1 saturated carbocycles. The van der Waals surface area contributed by atoms with Crippen LogP contribution in [0.5, 0.6) is 0 Å². The number of rotatable bonds is 8. The molecule has 3 aromatic rings. The van der Waals surface area contributed by atoms with Gasteiger partial charge in [0.25, 0.3) is 11.8 Å². The lowest BCUT2D eigenvalue weighted by molar-refractivity contribution is -0.124. The highest BCUT2D eigenvalue weighted by Crippen LogP contribution is 2.27. The Balaban J connectivity index is 1.37. The highest BCUT2D eigenvalue weighted by Gasteiger charge is 2.31. The molecule has 1 fully saturated rings. The van der Waals surface area contributed by atoms with Crippen LogP contribution in [0.1, 0.15) is 64.1 Å². The second kappa shape index (κ2) is 11.7. The van der Waals surface area contributed by atoms with E-state index >= 15 is 0 Å². The molecule has 0 bridgehead atoms. The second-order valence-corrected chi connectivity index (χ2v) is 9.26. The molecule has 1 atom stereocenters. The van der Waals surface area contributed by atoms with Gasteiger partial charge in [-0.15, -0.1) is 0 Å². The Morgan fingerprint density at radius 1 is 1.00 bits per heavy atom. The smallest absolute Gasteiger partial charge is 0.287 e. The summed E-state index contributed by atoms with van der Waals surface area (Å²) in [6.07, 6.45) is 8.41. The molecule has 36 heavy (non-hydrogen) atoms. The van der Waals surface area contributed by atoms with Gasteiger partial charge in [0.15, 0.2) is 5.76 Å². The van der Waals surface area contributed by atoms with Gasteiger partial charge in [-0.2, -0.15) is 0 Å². The predicted molar refractivity (Wildman–Crippen MR) is 136 cm³/mol. The number of benzene rings is 1. The van der Waals surface area contributed by atoms with Gasteiger partial charge >= 0.3 is 0 Å². The molecule has 2 heterocycles. The summed E-state index contributed by atoms with van der Waals surface area (Å²) in [4.78, 5) is 41.7. The number of nitrogens with one attached hydrogen (secondary N) is 3. The fourth-order valence-electron chi connectivity index (χ4n) is 4.60. The standard InChI is InChI=1S/C28H32N4O4/c1-18-14-22(17-30-15-18)26(33)31-16-19-8-10-20(11-9-19)23-12-13-24(36-23)27(34)32-25(28(35)29-2)21-6-4-3-5-7-21/h8-15,17,21,25H,3-7,16H2,1-2H3,(H,29,35)(H,31,33)(H,32,34)/t25-/m0/s1. The van der Waals surface area contributed by atoms with Crippen LogP contribution in [-0.2, 0) is 11.3 Å². The Hall–Kier alpha value is -3.94. The monoisotopic (exact) mass is 488 g/mol. The number of aromatic nitrogens is 1. The van der Waals surface area contributed by atoms with Gasteiger partial charge in [0.05, 0.1) is 5.56 Å². The maximum Gasteiger partial charge on any atom is 0.287 e. The van der Waals surface area contributed by atoms with Crippen molar-refractivity contribution in [1.82, 2.24) is 20.9 Å². The zero-order chi connectivity index (χ0) is 25.5. The molecule has 0 aliphatic heterocycles. The van der Waals surface area contributed by atoms with Gasteiger partial charge in [0.1, 0.15) is 11.8 Å². The summed E-state index contributed by atoms with van der Waals surface area (Å²) in [6.45, 7) is 2.27. The summed E-state index contributed by atoms with van der Waals surface area (Å²) in [5.74, 6) is 0.0925. The van der Waals surface area contributed by atoms with Gasteiger partial charge in [0.2, 0.25) is 5.91 Å². The summed E-state index contributed by atoms with van der Waals surface area (Å²) >= 11 is 0. The first-order valence-corrected chi connectivity index (χ1v) is 12.4. The first kappa shape index (κ1) is 25.2. The van der Waals surface area contributed by atoms with E-state index in [9.17, 15) is 14.4 Å². The Morgan fingerprint density at radius 3 is 2.44 bits per heavy atom. The number of aryl methyl sites for hydroxylation is 1. The van der Waals surface area contributed by atoms with Crippen LogP contribution in [0.25, 0.3) is 11.3 Å². The number of carbonyl (C=O) groups excluding carboxylic acids is 3. The SMILES string of the molecule is CNC(=O)[C@@H](NC(=O)c1ccc(-c2ccc(CNC(=O)c3cncc(C)c3)cc2)o1)C1CCCCC1. The molecule has 188 valence electrons. The van der Waals surface area contributed by atoms with Crippen molar-refractivity contribution in [3.63, 3.8) is 0 Å². The second-order valence-electron chi connectivity index (χ2n) is 9.26. The third-order valence-electron chi connectivity index (χ3n) is 6.60. The largest absolute Gasteiger partial charge is 0.451 e. The Labute approximate surface area is 210 Å². The lowest BCUT2D eigenvalue weighted by atomic mass is 9.83. The van der Waals surface area contributed by atoms with Crippen LogP contribution in [0.3, 0.4) is 0 Å². The van der Waals surface area contributed by atoms with E-state index in [0.29, 0.717) is 17.9 Å². The van der Waals surface area contributed by atoms with Gasteiger partial charge in [-0.25, -0.2) is 0 Å². The molecule has 1 aromatic carbocycles. The lowest BCUT2D eigenvalue weighted by Crippen LogP contribution is -2.50. The molecule has 2 aromatic heterocycles. The van der Waals surface area contributed by atoms with Crippen LogP contribution in [0, 0.1) is 12.8 Å². The number of likely N-dealkylation sites (N-methyl/N-ethyl adjacent to an activating group) is 1. The summed E-state index contributed by atoms with van der Waals surface area (Å²) in [5.41, 5.74) is 3.19. The molecule has 0 saturated heterocycles. The van der Waals surface area contributed by atoms with Crippen molar-refractivity contribution >= 4 is 17.7 Å². The highest BCUT2D eigenvalue weighted by atomic mass is 16.4. The average Bonchev–Trinajstić information content (AvgIpc) is 3.41. The predicted octanol–water partition coefficient (Wildman–Crippen LogP) is 4.00. The molecular weight excluding hydrogens is 456 g/mol. The van der Waals surface area contributed by atoms with Crippen molar-refractivity contribution in [2.45, 2.75) is 51.6 Å². The minimum Gasteiger partial charge on any atom is -0.451 e. The minimum absolute atomic E-state index is 0.132. The van der Waals surface area contributed by atoms with E-state index in [4.69, 9.17) is 4.42 Å². The van der Waals surface area contributed by atoms with Crippen molar-refractivity contribution < 1.29 is 18.8 Å². The van der Waals surface area contributed by atoms with Crippen molar-refractivity contribution in [2.24, 2.45) is 5.92 Å². The van der Waals surface area contributed by atoms with Crippen LogP contribution in [0.2, 0.25) is 0 Å². The normalized spacial score (nSPS) is 14.6. The van der Waals surface area contributed by atoms with E-state index < -0.39 is 11.9 Å². The Kier molecular flexibility index (Phi) is 8.15. The van der Waals surface area contributed by atoms with Gasteiger partial charge < -0.3 is 20.4 Å². The van der Waals surface area contributed by atoms with Crippen LogP contribution >= 0.6 is 0 Å². The zero-order valence-corrected chi connectivity index (χ0v) is 20.7. The Morgan fingerprint density at radius 2 is 1.75 bits per heavy atom. The lowest BCUT2D eigenvalue weighted by Gasteiger charge is -2.29. The minimum atomic E-state index is -0.568. The number of hydrogen-bond donors (Lipinski definition) is 3. The van der Waals surface area contributed by atoms with Crippen LogP contribution in [0.4, 0.5) is 0 Å². The molecule has 1 aliphatic rings. The van der Waals surface area contributed by atoms with Crippen molar-refractivity contribution in [3.8, 4) is 11.3 Å². The maximum atomic E-state index is 12.9. The zero-order valence-electron chi connectivity index (χ0n) is 20.7. The third kappa shape index (κ3) is 6.19. The van der Waals surface area contributed by atoms with E-state index in [0.717, 1.165) is 42.4 Å². The fourth-order valence-corrected chi connectivity index (χ4v) is 4.60. The Bertz CT molecular complexity index is 1210. The first-order chi connectivity index (χ1) is 17.4. The summed E-state index contributed by atoms with van der Waals surface area (Å²) in [5, 5.41) is 8.45. The number of furan rings is 1. The molecular formula is C28H32N4O4. The molecule has 1 aliphatic carbocycles. The fraction of sp³-hybridized carbons (Fsp3) is 0.357. The van der Waals surface area contributed by atoms with E-state index in [1.807, 2.05) is 31.2 Å². The maximum absolute atomic E-state index is 12.9. The van der Waals surface area contributed by atoms with Gasteiger partial charge in [-0.05, 0) is 55.0 Å². The topological polar surface area (TPSA) is 113 Å². The van der Waals surface area contributed by atoms with Gasteiger partial charge in [-0.3, -0.25) is 19.4 Å². The van der Waals surface area contributed by atoms with E-state index in [1.165, 1.54) is 6.42 Å². The molecule has 0 spiro atoms. The van der Waals surface area contributed by atoms with Crippen LogP contribution in [0.15, 0.2) is 59.3 Å². The van der Waals surface area contributed by atoms with E-state index in [2.05, 4.69) is 20.9 Å². The molecule has 0 unspecified atom stereocenters. The average molecular weight is 489 g/mol. The number of carbonyl (C=O) groups is 3. The van der Waals surface area contributed by atoms with Crippen molar-refractivity contribution in [2.75, 3.05) is 7.05 Å². The number of hydrogen-bond acceptors (Lipinski definition) is 5. The highest BCUT2D eigenvalue weighted by molar-refractivity contribution is 5.96. The molecule has 0 radical (unpaired) electrons.